The molecule has 0 amide bonds. The van der Waals surface area contributed by atoms with E-state index in [4.69, 9.17) is 9.68 Å². The molecule has 0 aliphatic carbocycles. The Morgan fingerprint density at radius 1 is 1.80 bits per heavy atom. The molecule has 0 saturated carbocycles. The van der Waals surface area contributed by atoms with E-state index in [9.17, 15) is 0 Å². The molecule has 0 aliphatic rings. The summed E-state index contributed by atoms with van der Waals surface area (Å²) in [5.74, 6) is 0. The topological polar surface area (TPSA) is 36.9 Å². The third-order valence-corrected chi connectivity index (χ3v) is 1.10. The number of furan rings is 1. The molecule has 0 radical (unpaired) electrons. The van der Waals surface area contributed by atoms with Gasteiger partial charge in [-0.1, -0.05) is 0 Å². The van der Waals surface area contributed by atoms with Gasteiger partial charge in [0, 0.05) is 11.1 Å². The first kappa shape index (κ1) is 6.63. The van der Waals surface area contributed by atoms with Crippen LogP contribution in [0.15, 0.2) is 28.6 Å². The Labute approximate surface area is 59.4 Å². The Bertz CT molecular complexity index is 264. The number of nitriles is 1. The van der Waals surface area contributed by atoms with Gasteiger partial charge in [0.25, 0.3) is 0 Å². The molecule has 10 heavy (non-hydrogen) atoms. The predicted molar refractivity (Wildman–Crippen MR) is 38.0 cm³/mol. The van der Waals surface area contributed by atoms with E-state index in [-0.39, 0.29) is 0 Å². The minimum absolute atomic E-state index is 0.682. The van der Waals surface area contributed by atoms with Crippen molar-refractivity contribution in [2.45, 2.75) is 6.92 Å². The lowest BCUT2D eigenvalue weighted by Gasteiger charge is -1.81. The van der Waals surface area contributed by atoms with Gasteiger partial charge in [-0.05, 0) is 19.1 Å². The fourth-order valence-electron chi connectivity index (χ4n) is 0.639. The van der Waals surface area contributed by atoms with Crippen LogP contribution in [-0.2, 0) is 0 Å². The van der Waals surface area contributed by atoms with E-state index in [1.165, 1.54) is 0 Å². The SMILES string of the molecule is C/C(C#N)=C\c1ccoc1. The third-order valence-electron chi connectivity index (χ3n) is 1.10. The molecule has 0 N–H and O–H groups in total. The van der Waals surface area contributed by atoms with E-state index in [0.29, 0.717) is 5.57 Å². The highest BCUT2D eigenvalue weighted by atomic mass is 16.3. The summed E-state index contributed by atoms with van der Waals surface area (Å²) in [4.78, 5) is 0. The van der Waals surface area contributed by atoms with Gasteiger partial charge >= 0.3 is 0 Å². The summed E-state index contributed by atoms with van der Waals surface area (Å²) < 4.78 is 4.81. The van der Waals surface area contributed by atoms with Crippen molar-refractivity contribution in [1.29, 1.82) is 5.26 Å². The maximum absolute atomic E-state index is 8.38. The molecule has 1 aromatic heterocycles. The van der Waals surface area contributed by atoms with Crippen molar-refractivity contribution in [3.05, 3.63) is 29.7 Å². The van der Waals surface area contributed by atoms with Crippen LogP contribution in [0.3, 0.4) is 0 Å². The van der Waals surface area contributed by atoms with Gasteiger partial charge in [0.1, 0.15) is 0 Å². The van der Waals surface area contributed by atoms with E-state index in [1.54, 1.807) is 31.6 Å². The zero-order valence-electron chi connectivity index (χ0n) is 5.66. The van der Waals surface area contributed by atoms with Gasteiger partial charge in [-0.3, -0.25) is 0 Å². The van der Waals surface area contributed by atoms with Gasteiger partial charge in [-0.2, -0.15) is 5.26 Å². The quantitative estimate of drug-likeness (QED) is 0.550. The summed E-state index contributed by atoms with van der Waals surface area (Å²) >= 11 is 0. The molecule has 0 aromatic carbocycles. The van der Waals surface area contributed by atoms with Crippen LogP contribution in [0.5, 0.6) is 0 Å². The normalized spacial score (nSPS) is 11.0. The lowest BCUT2D eigenvalue weighted by Crippen LogP contribution is -1.66. The van der Waals surface area contributed by atoms with E-state index >= 15 is 0 Å². The Morgan fingerprint density at radius 2 is 2.60 bits per heavy atom. The number of rotatable bonds is 1. The molecule has 0 atom stereocenters. The van der Waals surface area contributed by atoms with Gasteiger partial charge in [0.2, 0.25) is 0 Å². The summed E-state index contributed by atoms with van der Waals surface area (Å²) in [6.45, 7) is 1.76. The average molecular weight is 133 g/mol. The van der Waals surface area contributed by atoms with Crippen molar-refractivity contribution in [3.8, 4) is 6.07 Å². The van der Waals surface area contributed by atoms with Gasteiger partial charge in [0.05, 0.1) is 18.6 Å². The molecule has 1 heterocycles. The minimum atomic E-state index is 0.682. The fourth-order valence-corrected chi connectivity index (χ4v) is 0.639. The summed E-state index contributed by atoms with van der Waals surface area (Å²) in [5.41, 5.74) is 1.61. The molecule has 0 unspecified atom stereocenters. The summed E-state index contributed by atoms with van der Waals surface area (Å²) in [5, 5.41) is 8.38. The first-order valence-electron chi connectivity index (χ1n) is 2.93. The van der Waals surface area contributed by atoms with Crippen molar-refractivity contribution in [2.24, 2.45) is 0 Å². The maximum Gasteiger partial charge on any atom is 0.0975 e. The molecular weight excluding hydrogens is 126 g/mol. The Hall–Kier alpha value is -1.49. The summed E-state index contributed by atoms with van der Waals surface area (Å²) in [6.07, 6.45) is 4.95. The van der Waals surface area contributed by atoms with Gasteiger partial charge < -0.3 is 4.42 Å². The molecule has 0 aliphatic heterocycles. The Kier molecular flexibility index (Phi) is 1.91. The predicted octanol–water partition coefficient (Wildman–Crippen LogP) is 2.21. The highest BCUT2D eigenvalue weighted by molar-refractivity contribution is 5.54. The fraction of sp³-hybridized carbons (Fsp3) is 0.125. The van der Waals surface area contributed by atoms with Crippen LogP contribution in [-0.4, -0.2) is 0 Å². The van der Waals surface area contributed by atoms with Crippen LogP contribution >= 0.6 is 0 Å². The van der Waals surface area contributed by atoms with Gasteiger partial charge in [-0.15, -0.1) is 0 Å². The zero-order valence-corrected chi connectivity index (χ0v) is 5.66. The zero-order chi connectivity index (χ0) is 7.40. The highest BCUT2D eigenvalue weighted by Gasteiger charge is 1.88. The van der Waals surface area contributed by atoms with Crippen LogP contribution in [0.1, 0.15) is 12.5 Å². The molecule has 0 bridgehead atoms. The Balaban J connectivity index is 2.83. The number of hydrogen-bond donors (Lipinski definition) is 0. The van der Waals surface area contributed by atoms with Gasteiger partial charge in [0.15, 0.2) is 0 Å². The molecule has 1 rings (SSSR count). The number of hydrogen-bond acceptors (Lipinski definition) is 2. The van der Waals surface area contributed by atoms with Crippen molar-refractivity contribution in [3.63, 3.8) is 0 Å². The average Bonchev–Trinajstić information content (AvgIpc) is 2.40. The van der Waals surface area contributed by atoms with Crippen molar-refractivity contribution >= 4 is 6.08 Å². The minimum Gasteiger partial charge on any atom is -0.472 e. The van der Waals surface area contributed by atoms with Gasteiger partial charge in [-0.25, -0.2) is 0 Å². The van der Waals surface area contributed by atoms with Crippen molar-refractivity contribution in [2.75, 3.05) is 0 Å². The molecular formula is C8H7NO. The second-order valence-corrected chi connectivity index (χ2v) is 2.00. The highest BCUT2D eigenvalue weighted by Crippen LogP contribution is 2.05. The molecule has 2 heteroatoms. The second kappa shape index (κ2) is 2.88. The van der Waals surface area contributed by atoms with E-state index in [2.05, 4.69) is 0 Å². The van der Waals surface area contributed by atoms with E-state index < -0.39 is 0 Å². The van der Waals surface area contributed by atoms with Crippen LogP contribution in [0, 0.1) is 11.3 Å². The summed E-state index contributed by atoms with van der Waals surface area (Å²) in [6, 6.07) is 3.83. The third kappa shape index (κ3) is 1.49. The lowest BCUT2D eigenvalue weighted by molar-refractivity contribution is 0.567. The maximum atomic E-state index is 8.38. The molecule has 0 saturated heterocycles. The smallest absolute Gasteiger partial charge is 0.0975 e. The van der Waals surface area contributed by atoms with E-state index in [1.807, 2.05) is 6.07 Å². The van der Waals surface area contributed by atoms with Crippen molar-refractivity contribution in [1.82, 2.24) is 0 Å². The van der Waals surface area contributed by atoms with E-state index in [0.717, 1.165) is 5.56 Å². The number of nitrogens with zero attached hydrogens (tertiary/aromatic N) is 1. The lowest BCUT2D eigenvalue weighted by atomic mass is 10.2. The standard InChI is InChI=1S/C8H7NO/c1-7(5-9)4-8-2-3-10-6-8/h2-4,6H,1H3/b7-4+. The van der Waals surface area contributed by atoms with Crippen molar-refractivity contribution < 1.29 is 4.42 Å². The largest absolute Gasteiger partial charge is 0.472 e. The molecule has 1 aromatic rings. The van der Waals surface area contributed by atoms with Crippen LogP contribution in [0.2, 0.25) is 0 Å². The molecule has 0 fully saturated rings. The number of allylic oxidation sites excluding steroid dienone is 1. The molecule has 50 valence electrons. The first-order chi connectivity index (χ1) is 4.83. The molecule has 2 nitrogen and oxygen atoms in total. The van der Waals surface area contributed by atoms with Crippen LogP contribution < -0.4 is 0 Å². The second-order valence-electron chi connectivity index (χ2n) is 2.00. The molecule has 0 spiro atoms. The van der Waals surface area contributed by atoms with Crippen LogP contribution in [0.4, 0.5) is 0 Å². The van der Waals surface area contributed by atoms with Crippen LogP contribution in [0.25, 0.3) is 6.08 Å². The monoisotopic (exact) mass is 133 g/mol. The summed E-state index contributed by atoms with van der Waals surface area (Å²) in [7, 11) is 0. The first-order valence-corrected chi connectivity index (χ1v) is 2.93. The Morgan fingerprint density at radius 3 is 3.10 bits per heavy atom.